The summed E-state index contributed by atoms with van der Waals surface area (Å²) < 4.78 is 5.29. The van der Waals surface area contributed by atoms with Gasteiger partial charge in [-0.1, -0.05) is 48.9 Å². The molecule has 0 radical (unpaired) electrons. The molecular formula is C22H23NO4. The normalized spacial score (nSPS) is 18.8. The number of amides is 1. The van der Waals surface area contributed by atoms with Crippen LogP contribution in [0.25, 0.3) is 5.76 Å². The minimum absolute atomic E-state index is 0.116. The Labute approximate surface area is 158 Å². The fraction of sp³-hybridized carbons (Fsp3) is 0.273. The molecule has 1 fully saturated rings. The van der Waals surface area contributed by atoms with Gasteiger partial charge in [-0.3, -0.25) is 9.59 Å². The number of aliphatic hydroxyl groups excluding tert-OH is 1. The van der Waals surface area contributed by atoms with Gasteiger partial charge in [0.1, 0.15) is 11.5 Å². The topological polar surface area (TPSA) is 66.8 Å². The van der Waals surface area contributed by atoms with Crippen molar-refractivity contribution >= 4 is 17.4 Å². The molecule has 140 valence electrons. The molecule has 0 aromatic heterocycles. The fourth-order valence-electron chi connectivity index (χ4n) is 3.38. The predicted molar refractivity (Wildman–Crippen MR) is 103 cm³/mol. The molecule has 0 bridgehead atoms. The third-order valence-electron chi connectivity index (χ3n) is 4.74. The van der Waals surface area contributed by atoms with Crippen LogP contribution in [-0.4, -0.2) is 35.4 Å². The molecule has 1 amide bonds. The van der Waals surface area contributed by atoms with E-state index >= 15 is 0 Å². The number of Topliss-reactive ketones (excluding diaryl/α,β-unsaturated/α-hetero) is 1. The van der Waals surface area contributed by atoms with Crippen molar-refractivity contribution in [2.75, 3.05) is 13.7 Å². The highest BCUT2D eigenvalue weighted by molar-refractivity contribution is 6.46. The molecular weight excluding hydrogens is 342 g/mol. The molecule has 1 N–H and O–H groups in total. The summed E-state index contributed by atoms with van der Waals surface area (Å²) in [7, 11) is 1.56. The number of rotatable bonds is 5. The Bertz CT molecular complexity index is 899. The van der Waals surface area contributed by atoms with Crippen molar-refractivity contribution in [2.45, 2.75) is 26.3 Å². The van der Waals surface area contributed by atoms with Crippen LogP contribution in [0.4, 0.5) is 0 Å². The van der Waals surface area contributed by atoms with Crippen molar-refractivity contribution in [3.63, 3.8) is 0 Å². The van der Waals surface area contributed by atoms with E-state index in [0.29, 0.717) is 24.3 Å². The maximum atomic E-state index is 12.8. The van der Waals surface area contributed by atoms with Crippen LogP contribution in [0, 0.1) is 6.92 Å². The van der Waals surface area contributed by atoms with Crippen LogP contribution in [-0.2, 0) is 9.59 Å². The van der Waals surface area contributed by atoms with Gasteiger partial charge in [-0.25, -0.2) is 0 Å². The number of methoxy groups -OCH3 is 1. The zero-order valence-corrected chi connectivity index (χ0v) is 15.7. The van der Waals surface area contributed by atoms with Crippen molar-refractivity contribution in [3.8, 4) is 5.75 Å². The molecule has 0 spiro atoms. The van der Waals surface area contributed by atoms with Crippen LogP contribution < -0.4 is 4.74 Å². The maximum Gasteiger partial charge on any atom is 0.295 e. The van der Waals surface area contributed by atoms with Gasteiger partial charge in [0.2, 0.25) is 0 Å². The number of likely N-dealkylation sites (tertiary alicyclic amines) is 1. The molecule has 1 heterocycles. The standard InChI is InChI=1S/C22H23NO4/c1-4-12-23-19(16-6-5-7-17(13-16)27-3)18(21(25)22(23)26)20(24)15-10-8-14(2)9-11-15/h5-11,13,19,24H,4,12H2,1-3H3/b20-18-. The van der Waals surface area contributed by atoms with E-state index < -0.39 is 17.7 Å². The fourth-order valence-corrected chi connectivity index (χ4v) is 3.38. The van der Waals surface area contributed by atoms with Gasteiger partial charge in [0.25, 0.3) is 11.7 Å². The van der Waals surface area contributed by atoms with E-state index in [0.717, 1.165) is 11.1 Å². The van der Waals surface area contributed by atoms with Crippen molar-refractivity contribution in [1.29, 1.82) is 0 Å². The molecule has 1 atom stereocenters. The zero-order valence-electron chi connectivity index (χ0n) is 15.7. The lowest BCUT2D eigenvalue weighted by Gasteiger charge is -2.25. The summed E-state index contributed by atoms with van der Waals surface area (Å²) in [6.45, 7) is 4.32. The number of carbonyl (C=O) groups is 2. The molecule has 1 saturated heterocycles. The van der Waals surface area contributed by atoms with Crippen LogP contribution in [0.1, 0.15) is 36.1 Å². The molecule has 3 rings (SSSR count). The van der Waals surface area contributed by atoms with Crippen LogP contribution in [0.5, 0.6) is 5.75 Å². The van der Waals surface area contributed by atoms with Gasteiger partial charge in [-0.2, -0.15) is 0 Å². The number of ketones is 1. The van der Waals surface area contributed by atoms with Gasteiger partial charge in [-0.15, -0.1) is 0 Å². The average molecular weight is 365 g/mol. The Balaban J connectivity index is 2.18. The monoisotopic (exact) mass is 365 g/mol. The van der Waals surface area contributed by atoms with Crippen LogP contribution >= 0.6 is 0 Å². The van der Waals surface area contributed by atoms with Crippen molar-refractivity contribution in [1.82, 2.24) is 4.90 Å². The second-order valence-electron chi connectivity index (χ2n) is 6.64. The number of benzene rings is 2. The number of hydrogen-bond acceptors (Lipinski definition) is 4. The molecule has 0 aliphatic carbocycles. The molecule has 1 aliphatic heterocycles. The maximum absolute atomic E-state index is 12.8. The van der Waals surface area contributed by atoms with E-state index in [1.807, 2.05) is 38.1 Å². The van der Waals surface area contributed by atoms with E-state index in [1.54, 1.807) is 31.4 Å². The molecule has 2 aromatic rings. The molecule has 5 nitrogen and oxygen atoms in total. The first-order valence-corrected chi connectivity index (χ1v) is 8.97. The summed E-state index contributed by atoms with van der Waals surface area (Å²) in [4.78, 5) is 26.9. The number of aliphatic hydroxyl groups is 1. The third kappa shape index (κ3) is 3.45. The Morgan fingerprint density at radius 2 is 1.85 bits per heavy atom. The van der Waals surface area contributed by atoms with Crippen molar-refractivity contribution in [3.05, 3.63) is 70.8 Å². The lowest BCUT2D eigenvalue weighted by molar-refractivity contribution is -0.139. The number of carbonyl (C=O) groups excluding carboxylic acids is 2. The Hall–Kier alpha value is -3.08. The minimum Gasteiger partial charge on any atom is -0.507 e. The van der Waals surface area contributed by atoms with Gasteiger partial charge in [0, 0.05) is 12.1 Å². The second kappa shape index (κ2) is 7.66. The van der Waals surface area contributed by atoms with Crippen LogP contribution in [0.3, 0.4) is 0 Å². The van der Waals surface area contributed by atoms with Crippen molar-refractivity contribution < 1.29 is 19.4 Å². The Kier molecular flexibility index (Phi) is 5.31. The molecule has 1 unspecified atom stereocenters. The van der Waals surface area contributed by atoms with Crippen LogP contribution in [0.15, 0.2) is 54.1 Å². The molecule has 5 heteroatoms. The van der Waals surface area contributed by atoms with Crippen molar-refractivity contribution in [2.24, 2.45) is 0 Å². The zero-order chi connectivity index (χ0) is 19.6. The molecule has 0 saturated carbocycles. The molecule has 2 aromatic carbocycles. The van der Waals surface area contributed by atoms with E-state index in [4.69, 9.17) is 4.74 Å². The predicted octanol–water partition coefficient (Wildman–Crippen LogP) is 3.84. The number of aryl methyl sites for hydroxylation is 1. The third-order valence-corrected chi connectivity index (χ3v) is 4.74. The first kappa shape index (κ1) is 18.7. The van der Waals surface area contributed by atoms with E-state index in [1.165, 1.54) is 4.90 Å². The van der Waals surface area contributed by atoms with Gasteiger partial charge in [0.15, 0.2) is 0 Å². The highest BCUT2D eigenvalue weighted by Gasteiger charge is 2.45. The average Bonchev–Trinajstić information content (AvgIpc) is 2.93. The summed E-state index contributed by atoms with van der Waals surface area (Å²) in [5, 5.41) is 10.9. The van der Waals surface area contributed by atoms with E-state index in [-0.39, 0.29) is 11.3 Å². The largest absolute Gasteiger partial charge is 0.507 e. The lowest BCUT2D eigenvalue weighted by Crippen LogP contribution is -2.30. The summed E-state index contributed by atoms with van der Waals surface area (Å²) in [6.07, 6.45) is 0.706. The molecule has 1 aliphatic rings. The highest BCUT2D eigenvalue weighted by Crippen LogP contribution is 2.40. The summed E-state index contributed by atoms with van der Waals surface area (Å²) in [6, 6.07) is 13.8. The SMILES string of the molecule is CCCN1C(=O)C(=O)/C(=C(\O)c2ccc(C)cc2)C1c1cccc(OC)c1. The van der Waals surface area contributed by atoms with E-state index in [2.05, 4.69) is 0 Å². The summed E-state index contributed by atoms with van der Waals surface area (Å²) in [5.74, 6) is -0.766. The Morgan fingerprint density at radius 3 is 2.48 bits per heavy atom. The van der Waals surface area contributed by atoms with E-state index in [9.17, 15) is 14.7 Å². The first-order chi connectivity index (χ1) is 13.0. The summed E-state index contributed by atoms with van der Waals surface area (Å²) in [5.41, 5.74) is 2.41. The number of ether oxygens (including phenoxy) is 1. The Morgan fingerprint density at radius 1 is 1.15 bits per heavy atom. The number of nitrogens with zero attached hydrogens (tertiary/aromatic N) is 1. The van der Waals surface area contributed by atoms with Gasteiger partial charge in [0.05, 0.1) is 18.7 Å². The summed E-state index contributed by atoms with van der Waals surface area (Å²) >= 11 is 0. The quantitative estimate of drug-likeness (QED) is 0.497. The first-order valence-electron chi connectivity index (χ1n) is 8.97. The van der Waals surface area contributed by atoms with Gasteiger partial charge < -0.3 is 14.7 Å². The van der Waals surface area contributed by atoms with Crippen LogP contribution in [0.2, 0.25) is 0 Å². The minimum atomic E-state index is -0.658. The second-order valence-corrected chi connectivity index (χ2v) is 6.64. The van der Waals surface area contributed by atoms with Gasteiger partial charge in [-0.05, 0) is 31.0 Å². The molecule has 27 heavy (non-hydrogen) atoms. The van der Waals surface area contributed by atoms with Gasteiger partial charge >= 0.3 is 0 Å². The highest BCUT2D eigenvalue weighted by atomic mass is 16.5. The number of hydrogen-bond donors (Lipinski definition) is 1. The smallest absolute Gasteiger partial charge is 0.295 e. The lowest BCUT2D eigenvalue weighted by atomic mass is 9.95.